The number of fused-ring (bicyclic) bond motifs is 1. The van der Waals surface area contributed by atoms with Gasteiger partial charge in [0.05, 0.1) is 16.3 Å². The largest absolute Gasteiger partial charge is 0.437 e. The molecule has 0 atom stereocenters. The molecule has 2 fully saturated rings. The minimum atomic E-state index is -0.660. The Hall–Kier alpha value is -3.95. The van der Waals surface area contributed by atoms with Gasteiger partial charge >= 0.3 is 6.03 Å². The fourth-order valence-corrected chi connectivity index (χ4v) is 4.39. The van der Waals surface area contributed by atoms with Crippen LogP contribution in [0, 0.1) is 5.82 Å². The number of likely N-dealkylation sites (tertiary alicyclic amines) is 1. The summed E-state index contributed by atoms with van der Waals surface area (Å²) in [5, 5.41) is 7.25. The Morgan fingerprint density at radius 1 is 0.882 bits per heavy atom. The van der Waals surface area contributed by atoms with Gasteiger partial charge in [-0.15, -0.1) is 5.10 Å². The Morgan fingerprint density at radius 3 is 2.26 bits per heavy atom. The highest BCUT2D eigenvalue weighted by molar-refractivity contribution is 5.95. The molecule has 2 aromatic carbocycles. The summed E-state index contributed by atoms with van der Waals surface area (Å²) in [6.45, 7) is 3.02. The van der Waals surface area contributed by atoms with Crippen LogP contribution in [-0.4, -0.2) is 76.1 Å². The monoisotopic (exact) mass is 465 g/mol. The van der Waals surface area contributed by atoms with E-state index in [0.29, 0.717) is 37.0 Å². The van der Waals surface area contributed by atoms with E-state index in [4.69, 9.17) is 4.74 Å². The van der Waals surface area contributed by atoms with Crippen LogP contribution in [0.4, 0.5) is 9.18 Å². The molecule has 1 aromatic heterocycles. The molecular weight excluding hydrogens is 441 g/mol. The number of ether oxygens (including phenoxy) is 1. The number of H-pyrrole nitrogens is 1. The topological polar surface area (TPSA) is 98.8 Å². The highest BCUT2D eigenvalue weighted by atomic mass is 19.1. The van der Waals surface area contributed by atoms with Crippen LogP contribution in [0.2, 0.25) is 0 Å². The van der Waals surface area contributed by atoms with Crippen molar-refractivity contribution in [2.24, 2.45) is 0 Å². The molecule has 3 heterocycles. The van der Waals surface area contributed by atoms with E-state index in [0.717, 1.165) is 25.9 Å². The van der Waals surface area contributed by atoms with Crippen LogP contribution in [0.3, 0.4) is 0 Å². The van der Waals surface area contributed by atoms with E-state index >= 15 is 0 Å². The van der Waals surface area contributed by atoms with Gasteiger partial charge in [0.15, 0.2) is 0 Å². The summed E-state index contributed by atoms with van der Waals surface area (Å²) < 4.78 is 20.4. The first-order valence-corrected chi connectivity index (χ1v) is 11.3. The Balaban J connectivity index is 1.31. The smallest absolute Gasteiger partial charge is 0.320 e. The average Bonchev–Trinajstić information content (AvgIpc) is 3.41. The second-order valence-electron chi connectivity index (χ2n) is 8.40. The van der Waals surface area contributed by atoms with Crippen LogP contribution >= 0.6 is 0 Å². The fourth-order valence-electron chi connectivity index (χ4n) is 4.39. The molecule has 10 heteroatoms. The van der Waals surface area contributed by atoms with Crippen LogP contribution in [0.1, 0.15) is 23.2 Å². The Bertz CT molecular complexity index is 1300. The first-order chi connectivity index (χ1) is 16.5. The first-order valence-electron chi connectivity index (χ1n) is 11.3. The Kier molecular flexibility index (Phi) is 5.87. The number of hydrogen-bond donors (Lipinski definition) is 1. The Morgan fingerprint density at radius 2 is 1.53 bits per heavy atom. The van der Waals surface area contributed by atoms with E-state index in [2.05, 4.69) is 10.2 Å². The zero-order valence-electron chi connectivity index (χ0n) is 18.5. The zero-order chi connectivity index (χ0) is 23.7. The molecule has 176 valence electrons. The molecule has 0 unspecified atom stereocenters. The van der Waals surface area contributed by atoms with Gasteiger partial charge in [0.1, 0.15) is 11.6 Å². The average molecular weight is 465 g/mol. The van der Waals surface area contributed by atoms with E-state index in [9.17, 15) is 18.8 Å². The van der Waals surface area contributed by atoms with Crippen molar-refractivity contribution in [2.45, 2.75) is 12.8 Å². The molecule has 34 heavy (non-hydrogen) atoms. The van der Waals surface area contributed by atoms with Gasteiger partial charge in [0, 0.05) is 39.3 Å². The third-order valence-electron chi connectivity index (χ3n) is 6.26. The number of amides is 3. The summed E-state index contributed by atoms with van der Waals surface area (Å²) in [5.41, 5.74) is -0.467. The normalized spacial score (nSPS) is 16.2. The number of carbonyl (C=O) groups is 2. The Labute approximate surface area is 194 Å². The van der Waals surface area contributed by atoms with Crippen LogP contribution in [0.25, 0.3) is 10.8 Å². The number of urea groups is 1. The van der Waals surface area contributed by atoms with Crippen LogP contribution < -0.4 is 10.3 Å². The first kappa shape index (κ1) is 21.9. The molecule has 0 spiro atoms. The number of benzene rings is 2. The second-order valence-corrected chi connectivity index (χ2v) is 8.40. The minimum Gasteiger partial charge on any atom is -0.437 e. The van der Waals surface area contributed by atoms with Gasteiger partial charge < -0.3 is 19.4 Å². The van der Waals surface area contributed by atoms with Gasteiger partial charge in [0.2, 0.25) is 5.88 Å². The van der Waals surface area contributed by atoms with Crippen molar-refractivity contribution in [3.8, 4) is 11.6 Å². The molecule has 5 rings (SSSR count). The number of aromatic amines is 1. The summed E-state index contributed by atoms with van der Waals surface area (Å²) in [6, 6.07) is 10.7. The molecule has 9 nitrogen and oxygen atoms in total. The SMILES string of the molecule is O=C(c1cc(Oc2n[nH]c(=O)c3ccccc23)ccc1F)N1CCN(C(=O)N2CCCC2)CC1. The van der Waals surface area contributed by atoms with Crippen molar-refractivity contribution >= 4 is 22.7 Å². The highest BCUT2D eigenvalue weighted by Crippen LogP contribution is 2.27. The maximum absolute atomic E-state index is 14.6. The van der Waals surface area contributed by atoms with Crippen LogP contribution in [-0.2, 0) is 0 Å². The molecule has 0 radical (unpaired) electrons. The van der Waals surface area contributed by atoms with Crippen molar-refractivity contribution < 1.29 is 18.7 Å². The van der Waals surface area contributed by atoms with Crippen LogP contribution in [0.15, 0.2) is 47.3 Å². The van der Waals surface area contributed by atoms with Gasteiger partial charge in [-0.05, 0) is 43.2 Å². The molecule has 2 aliphatic heterocycles. The number of piperazine rings is 1. The van der Waals surface area contributed by atoms with Crippen molar-refractivity contribution in [3.05, 3.63) is 64.2 Å². The molecule has 3 amide bonds. The summed E-state index contributed by atoms with van der Waals surface area (Å²) in [4.78, 5) is 42.8. The van der Waals surface area contributed by atoms with E-state index in [1.165, 1.54) is 18.2 Å². The van der Waals surface area contributed by atoms with Crippen LogP contribution in [0.5, 0.6) is 11.6 Å². The number of carbonyl (C=O) groups excluding carboxylic acids is 2. The van der Waals surface area contributed by atoms with Crippen molar-refractivity contribution in [3.63, 3.8) is 0 Å². The van der Waals surface area contributed by atoms with E-state index < -0.39 is 11.7 Å². The highest BCUT2D eigenvalue weighted by Gasteiger charge is 2.29. The lowest BCUT2D eigenvalue weighted by molar-refractivity contribution is 0.0640. The number of hydrogen-bond acceptors (Lipinski definition) is 5. The van der Waals surface area contributed by atoms with Gasteiger partial charge in [-0.3, -0.25) is 9.59 Å². The molecular formula is C24H24FN5O4. The fraction of sp³-hybridized carbons (Fsp3) is 0.333. The molecule has 0 bridgehead atoms. The van der Waals surface area contributed by atoms with E-state index in [1.54, 1.807) is 34.1 Å². The quantitative estimate of drug-likeness (QED) is 0.641. The second kappa shape index (κ2) is 9.12. The molecule has 0 saturated carbocycles. The predicted molar refractivity (Wildman–Crippen MR) is 123 cm³/mol. The lowest BCUT2D eigenvalue weighted by Gasteiger charge is -2.36. The van der Waals surface area contributed by atoms with Crippen molar-refractivity contribution in [1.82, 2.24) is 24.9 Å². The number of nitrogens with zero attached hydrogens (tertiary/aromatic N) is 4. The van der Waals surface area contributed by atoms with Gasteiger partial charge in [0.25, 0.3) is 11.5 Å². The number of aromatic nitrogens is 2. The maximum atomic E-state index is 14.6. The van der Waals surface area contributed by atoms with E-state index in [-0.39, 0.29) is 28.8 Å². The zero-order valence-corrected chi connectivity index (χ0v) is 18.5. The lowest BCUT2D eigenvalue weighted by Crippen LogP contribution is -2.53. The summed E-state index contributed by atoms with van der Waals surface area (Å²) in [5.74, 6) is -0.755. The summed E-state index contributed by atoms with van der Waals surface area (Å²) >= 11 is 0. The molecule has 3 aromatic rings. The molecule has 2 saturated heterocycles. The van der Waals surface area contributed by atoms with Crippen molar-refractivity contribution in [1.29, 1.82) is 0 Å². The number of rotatable bonds is 3. The van der Waals surface area contributed by atoms with Gasteiger partial charge in [-0.2, -0.15) is 0 Å². The number of halogens is 1. The van der Waals surface area contributed by atoms with Gasteiger partial charge in [-0.25, -0.2) is 14.3 Å². The lowest BCUT2D eigenvalue weighted by atomic mass is 10.1. The summed E-state index contributed by atoms with van der Waals surface area (Å²) in [6.07, 6.45) is 2.04. The van der Waals surface area contributed by atoms with Crippen molar-refractivity contribution in [2.75, 3.05) is 39.3 Å². The molecule has 2 aliphatic rings. The number of nitrogens with one attached hydrogen (secondary N) is 1. The predicted octanol–water partition coefficient (Wildman–Crippen LogP) is 2.83. The maximum Gasteiger partial charge on any atom is 0.320 e. The third kappa shape index (κ3) is 4.18. The van der Waals surface area contributed by atoms with Gasteiger partial charge in [-0.1, -0.05) is 12.1 Å². The standard InChI is InChI=1S/C24H24FN5O4/c25-20-8-7-16(34-22-18-6-2-1-5-17(18)21(31)26-27-22)15-19(20)23(32)28-11-13-30(14-12-28)24(33)29-9-3-4-10-29/h1-2,5-8,15H,3-4,9-14H2,(H,26,31). The van der Waals surface area contributed by atoms with E-state index in [1.807, 2.05) is 4.90 Å². The summed E-state index contributed by atoms with van der Waals surface area (Å²) in [7, 11) is 0. The molecule has 1 N–H and O–H groups in total. The molecule has 0 aliphatic carbocycles. The minimum absolute atomic E-state index is 0.00630. The third-order valence-corrected chi connectivity index (χ3v) is 6.26.